The van der Waals surface area contributed by atoms with Crippen LogP contribution in [0.2, 0.25) is 0 Å². The third kappa shape index (κ3) is 3.65. The number of urea groups is 1. The third-order valence-corrected chi connectivity index (χ3v) is 3.61. The van der Waals surface area contributed by atoms with Crippen molar-refractivity contribution in [2.45, 2.75) is 32.2 Å². The van der Waals surface area contributed by atoms with Gasteiger partial charge < -0.3 is 20.5 Å². The van der Waals surface area contributed by atoms with E-state index in [0.717, 1.165) is 12.8 Å². The van der Waals surface area contributed by atoms with Crippen molar-refractivity contribution < 1.29 is 19.4 Å². The molecule has 2 amide bonds. The summed E-state index contributed by atoms with van der Waals surface area (Å²) in [5.41, 5.74) is -0.663. The van der Waals surface area contributed by atoms with Crippen LogP contribution in [0.3, 0.4) is 0 Å². The number of rotatable bonds is 6. The van der Waals surface area contributed by atoms with E-state index >= 15 is 0 Å². The number of ether oxygens (including phenoxy) is 1. The molecule has 0 aromatic heterocycles. The summed E-state index contributed by atoms with van der Waals surface area (Å²) in [4.78, 5) is 23.4. The Morgan fingerprint density at radius 2 is 2.14 bits per heavy atom. The van der Waals surface area contributed by atoms with Crippen molar-refractivity contribution in [2.24, 2.45) is 5.92 Å². The minimum Gasteiger partial charge on any atom is -0.494 e. The van der Waals surface area contributed by atoms with Gasteiger partial charge in [0.1, 0.15) is 11.3 Å². The lowest BCUT2D eigenvalue weighted by Gasteiger charge is -2.26. The van der Waals surface area contributed by atoms with Gasteiger partial charge in [0.05, 0.1) is 6.61 Å². The zero-order valence-corrected chi connectivity index (χ0v) is 12.2. The summed E-state index contributed by atoms with van der Waals surface area (Å²) in [6, 6.07) is 6.44. The number of aliphatic carboxylic acids is 1. The molecular formula is C15H20N2O4. The molecule has 1 aliphatic rings. The molecule has 1 fully saturated rings. The summed E-state index contributed by atoms with van der Waals surface area (Å²) in [6.45, 7) is 3.96. The fourth-order valence-corrected chi connectivity index (χ4v) is 2.22. The zero-order chi connectivity index (χ0) is 15.5. The highest BCUT2D eigenvalue weighted by atomic mass is 16.5. The van der Waals surface area contributed by atoms with Crippen LogP contribution in [0.4, 0.5) is 10.5 Å². The number of hydrogen-bond acceptors (Lipinski definition) is 3. The number of amides is 2. The van der Waals surface area contributed by atoms with Gasteiger partial charge in [-0.3, -0.25) is 0 Å². The molecule has 0 spiro atoms. The molecule has 0 heterocycles. The van der Waals surface area contributed by atoms with Crippen molar-refractivity contribution in [1.29, 1.82) is 0 Å². The van der Waals surface area contributed by atoms with Gasteiger partial charge in [-0.2, -0.15) is 0 Å². The molecule has 1 aliphatic carbocycles. The van der Waals surface area contributed by atoms with Gasteiger partial charge in [-0.25, -0.2) is 9.59 Å². The summed E-state index contributed by atoms with van der Waals surface area (Å²) in [5.74, 6) is -0.364. The van der Waals surface area contributed by atoms with Crippen LogP contribution >= 0.6 is 0 Å². The highest BCUT2D eigenvalue weighted by Gasteiger charge is 2.48. The van der Waals surface area contributed by atoms with Crippen LogP contribution in [0.25, 0.3) is 0 Å². The minimum absolute atomic E-state index is 0.00416. The number of anilines is 1. The number of carbonyl (C=O) groups excluding carboxylic acids is 1. The van der Waals surface area contributed by atoms with Crippen molar-refractivity contribution in [3.8, 4) is 5.75 Å². The SMILES string of the molecule is CCOc1cccc(NC(=O)NC(C)(C(=O)O)C2CC2)c1. The van der Waals surface area contributed by atoms with E-state index in [1.165, 1.54) is 0 Å². The van der Waals surface area contributed by atoms with E-state index in [2.05, 4.69) is 10.6 Å². The van der Waals surface area contributed by atoms with E-state index in [1.807, 2.05) is 6.92 Å². The second-order valence-electron chi connectivity index (χ2n) is 5.32. The van der Waals surface area contributed by atoms with Crippen LogP contribution in [0.5, 0.6) is 5.75 Å². The molecule has 1 aromatic rings. The molecule has 0 bridgehead atoms. The van der Waals surface area contributed by atoms with Crippen molar-refractivity contribution in [3.05, 3.63) is 24.3 Å². The molecule has 1 aromatic carbocycles. The monoisotopic (exact) mass is 292 g/mol. The first kappa shape index (κ1) is 15.2. The lowest BCUT2D eigenvalue weighted by atomic mass is 9.96. The Bertz CT molecular complexity index is 542. The Balaban J connectivity index is 2.01. The third-order valence-electron chi connectivity index (χ3n) is 3.61. The van der Waals surface area contributed by atoms with Gasteiger partial charge in [-0.15, -0.1) is 0 Å². The van der Waals surface area contributed by atoms with E-state index in [-0.39, 0.29) is 5.92 Å². The molecule has 1 atom stereocenters. The average Bonchev–Trinajstić information content (AvgIpc) is 3.23. The van der Waals surface area contributed by atoms with E-state index < -0.39 is 17.5 Å². The molecular weight excluding hydrogens is 272 g/mol. The van der Waals surface area contributed by atoms with Gasteiger partial charge in [-0.1, -0.05) is 6.07 Å². The molecule has 21 heavy (non-hydrogen) atoms. The quantitative estimate of drug-likeness (QED) is 0.751. The molecule has 2 rings (SSSR count). The Hall–Kier alpha value is -2.24. The number of nitrogens with one attached hydrogen (secondary N) is 2. The number of carbonyl (C=O) groups is 2. The van der Waals surface area contributed by atoms with Gasteiger partial charge in [0.2, 0.25) is 0 Å². The largest absolute Gasteiger partial charge is 0.494 e. The van der Waals surface area contributed by atoms with Crippen LogP contribution in [0.1, 0.15) is 26.7 Å². The maximum Gasteiger partial charge on any atom is 0.329 e. The van der Waals surface area contributed by atoms with Crippen molar-refractivity contribution in [2.75, 3.05) is 11.9 Å². The van der Waals surface area contributed by atoms with Crippen LogP contribution in [0, 0.1) is 5.92 Å². The maximum atomic E-state index is 12.0. The summed E-state index contributed by atoms with van der Waals surface area (Å²) in [6.07, 6.45) is 1.64. The second-order valence-corrected chi connectivity index (χ2v) is 5.32. The smallest absolute Gasteiger partial charge is 0.329 e. The van der Waals surface area contributed by atoms with E-state index in [0.29, 0.717) is 18.0 Å². The number of carboxylic acid groups (broad SMARTS) is 1. The highest BCUT2D eigenvalue weighted by molar-refractivity contribution is 5.94. The molecule has 0 aliphatic heterocycles. The summed E-state index contributed by atoms with van der Waals surface area (Å²) in [7, 11) is 0. The normalized spacial score (nSPS) is 16.7. The lowest BCUT2D eigenvalue weighted by molar-refractivity contribution is -0.144. The molecule has 0 saturated heterocycles. The Labute approximate surface area is 123 Å². The Morgan fingerprint density at radius 1 is 1.43 bits per heavy atom. The number of hydrogen-bond donors (Lipinski definition) is 3. The van der Waals surface area contributed by atoms with E-state index in [9.17, 15) is 14.7 Å². The average molecular weight is 292 g/mol. The van der Waals surface area contributed by atoms with Gasteiger partial charge in [-0.05, 0) is 44.7 Å². The molecule has 6 nitrogen and oxygen atoms in total. The minimum atomic E-state index is -1.22. The predicted molar refractivity (Wildman–Crippen MR) is 78.5 cm³/mol. The van der Waals surface area contributed by atoms with Crippen molar-refractivity contribution in [3.63, 3.8) is 0 Å². The first-order valence-corrected chi connectivity index (χ1v) is 7.01. The lowest BCUT2D eigenvalue weighted by Crippen LogP contribution is -2.55. The zero-order valence-electron chi connectivity index (χ0n) is 12.2. The van der Waals surface area contributed by atoms with Crippen LogP contribution in [-0.4, -0.2) is 29.3 Å². The van der Waals surface area contributed by atoms with Gasteiger partial charge >= 0.3 is 12.0 Å². The maximum absolute atomic E-state index is 12.0. The fraction of sp³-hybridized carbons (Fsp3) is 0.467. The molecule has 0 radical (unpaired) electrons. The van der Waals surface area contributed by atoms with E-state index in [1.54, 1.807) is 31.2 Å². The summed E-state index contributed by atoms with van der Waals surface area (Å²) in [5, 5.41) is 14.5. The first-order chi connectivity index (χ1) is 9.95. The fourth-order valence-electron chi connectivity index (χ4n) is 2.22. The standard InChI is InChI=1S/C15H20N2O4/c1-3-21-12-6-4-5-11(9-12)16-14(20)17-15(2,13(18)19)10-7-8-10/h4-6,9-10H,3,7-8H2,1-2H3,(H,18,19)(H2,16,17,20). The van der Waals surface area contributed by atoms with E-state index in [4.69, 9.17) is 4.74 Å². The van der Waals surface area contributed by atoms with Crippen molar-refractivity contribution in [1.82, 2.24) is 5.32 Å². The van der Waals surface area contributed by atoms with Crippen LogP contribution in [0.15, 0.2) is 24.3 Å². The molecule has 1 saturated carbocycles. The van der Waals surface area contributed by atoms with Crippen molar-refractivity contribution >= 4 is 17.7 Å². The Morgan fingerprint density at radius 3 is 2.71 bits per heavy atom. The van der Waals surface area contributed by atoms with Crippen LogP contribution in [-0.2, 0) is 4.79 Å². The number of benzene rings is 1. The summed E-state index contributed by atoms with van der Waals surface area (Å²) < 4.78 is 5.35. The molecule has 6 heteroatoms. The Kier molecular flexibility index (Phi) is 4.35. The first-order valence-electron chi connectivity index (χ1n) is 7.01. The molecule has 3 N–H and O–H groups in total. The van der Waals surface area contributed by atoms with Gasteiger partial charge in [0.25, 0.3) is 0 Å². The van der Waals surface area contributed by atoms with Gasteiger partial charge in [0.15, 0.2) is 0 Å². The number of carboxylic acids is 1. The molecule has 114 valence electrons. The van der Waals surface area contributed by atoms with Gasteiger partial charge in [0, 0.05) is 11.8 Å². The summed E-state index contributed by atoms with van der Waals surface area (Å²) >= 11 is 0. The topological polar surface area (TPSA) is 87.7 Å². The highest BCUT2D eigenvalue weighted by Crippen LogP contribution is 2.39. The molecule has 1 unspecified atom stereocenters. The second kappa shape index (κ2) is 6.03. The van der Waals surface area contributed by atoms with Crippen LogP contribution < -0.4 is 15.4 Å². The predicted octanol–water partition coefficient (Wildman–Crippen LogP) is 2.46.